The van der Waals surface area contributed by atoms with Crippen molar-refractivity contribution in [1.82, 2.24) is 4.98 Å². The standard InChI is InChI=1S/C24H26N4O4S/c1-17(2)32-21-6-4-5-19(15-21)28-24(26-14-11-18-7-9-20(31-3)10-8-18)27-22-12-13-25-16-23(22)33(28,29)30/h4-10,12-13,15-17H,11,14H2,1-3H3,(H,26,27). The van der Waals surface area contributed by atoms with E-state index in [1.165, 1.54) is 10.5 Å². The van der Waals surface area contributed by atoms with Gasteiger partial charge in [0.05, 0.1) is 24.6 Å². The summed E-state index contributed by atoms with van der Waals surface area (Å²) in [4.78, 5) is 8.71. The van der Waals surface area contributed by atoms with E-state index in [0.717, 1.165) is 11.3 Å². The van der Waals surface area contributed by atoms with Crippen molar-refractivity contribution in [2.24, 2.45) is 4.99 Å². The molecular formula is C24H26N4O4S. The molecule has 0 radical (unpaired) electrons. The number of benzene rings is 2. The van der Waals surface area contributed by atoms with Crippen LogP contribution in [0.4, 0.5) is 11.4 Å². The van der Waals surface area contributed by atoms with Crippen LogP contribution in [0.25, 0.3) is 0 Å². The summed E-state index contributed by atoms with van der Waals surface area (Å²) >= 11 is 0. The van der Waals surface area contributed by atoms with E-state index in [2.05, 4.69) is 15.3 Å². The number of hydrogen-bond donors (Lipinski definition) is 1. The van der Waals surface area contributed by atoms with E-state index in [1.54, 1.807) is 43.6 Å². The number of rotatable bonds is 7. The fourth-order valence-corrected chi connectivity index (χ4v) is 4.99. The Morgan fingerprint density at radius 3 is 2.61 bits per heavy atom. The molecule has 1 aromatic heterocycles. The first-order chi connectivity index (χ1) is 15.9. The maximum absolute atomic E-state index is 13.6. The Hall–Kier alpha value is -3.59. The minimum absolute atomic E-state index is 0.0427. The molecule has 172 valence electrons. The summed E-state index contributed by atoms with van der Waals surface area (Å²) in [5, 5.41) is 3.16. The van der Waals surface area contributed by atoms with Crippen LogP contribution < -0.4 is 19.1 Å². The van der Waals surface area contributed by atoms with Gasteiger partial charge in [0.2, 0.25) is 5.96 Å². The van der Waals surface area contributed by atoms with Crippen LogP contribution in [0.1, 0.15) is 19.4 Å². The van der Waals surface area contributed by atoms with Gasteiger partial charge in [0.25, 0.3) is 10.0 Å². The second-order valence-electron chi connectivity index (χ2n) is 7.73. The Balaban J connectivity index is 1.69. The van der Waals surface area contributed by atoms with Crippen LogP contribution in [0.15, 0.2) is 76.9 Å². The monoisotopic (exact) mass is 466 g/mol. The van der Waals surface area contributed by atoms with E-state index in [4.69, 9.17) is 9.47 Å². The first kappa shape index (κ1) is 22.6. The van der Waals surface area contributed by atoms with E-state index in [0.29, 0.717) is 30.1 Å². The van der Waals surface area contributed by atoms with E-state index in [9.17, 15) is 8.42 Å². The predicted molar refractivity (Wildman–Crippen MR) is 129 cm³/mol. The minimum atomic E-state index is -3.93. The lowest BCUT2D eigenvalue weighted by Crippen LogP contribution is -2.45. The average Bonchev–Trinajstić information content (AvgIpc) is 2.79. The number of hydrogen-bond acceptors (Lipinski definition) is 6. The zero-order valence-electron chi connectivity index (χ0n) is 18.7. The maximum Gasteiger partial charge on any atom is 0.274 e. The molecule has 0 bridgehead atoms. The van der Waals surface area contributed by atoms with Crippen molar-refractivity contribution in [1.29, 1.82) is 0 Å². The van der Waals surface area contributed by atoms with Crippen LogP contribution in [-0.4, -0.2) is 39.1 Å². The molecule has 0 saturated heterocycles. The first-order valence-corrected chi connectivity index (χ1v) is 12.0. The first-order valence-electron chi connectivity index (χ1n) is 10.6. The molecule has 1 aliphatic heterocycles. The molecule has 0 fully saturated rings. The molecule has 33 heavy (non-hydrogen) atoms. The number of nitrogens with zero attached hydrogens (tertiary/aromatic N) is 3. The third-order valence-corrected chi connectivity index (χ3v) is 6.73. The molecule has 4 rings (SSSR count). The molecule has 0 unspecified atom stereocenters. The SMILES string of the molecule is COc1ccc(CCN=C2Nc3ccncc3S(=O)(=O)N2c2cccc(OC(C)C)c2)cc1. The normalized spacial score (nSPS) is 15.8. The summed E-state index contributed by atoms with van der Waals surface area (Å²) < 4.78 is 39.3. The van der Waals surface area contributed by atoms with Crippen LogP contribution in [0, 0.1) is 0 Å². The van der Waals surface area contributed by atoms with Gasteiger partial charge in [-0.1, -0.05) is 18.2 Å². The molecule has 0 aliphatic carbocycles. The van der Waals surface area contributed by atoms with Gasteiger partial charge in [-0.3, -0.25) is 9.98 Å². The van der Waals surface area contributed by atoms with Crippen molar-refractivity contribution < 1.29 is 17.9 Å². The Morgan fingerprint density at radius 2 is 1.88 bits per heavy atom. The van der Waals surface area contributed by atoms with Crippen LogP contribution in [0.2, 0.25) is 0 Å². The van der Waals surface area contributed by atoms with Crippen molar-refractivity contribution >= 4 is 27.4 Å². The van der Waals surface area contributed by atoms with Gasteiger partial charge in [0, 0.05) is 25.0 Å². The number of anilines is 2. The molecule has 8 nitrogen and oxygen atoms in total. The third-order valence-electron chi connectivity index (χ3n) is 4.99. The molecular weight excluding hydrogens is 440 g/mol. The van der Waals surface area contributed by atoms with Crippen molar-refractivity contribution in [2.75, 3.05) is 23.3 Å². The number of sulfonamides is 1. The quantitative estimate of drug-likeness (QED) is 0.564. The Morgan fingerprint density at radius 1 is 1.09 bits per heavy atom. The highest BCUT2D eigenvalue weighted by molar-refractivity contribution is 7.94. The van der Waals surface area contributed by atoms with Crippen molar-refractivity contribution in [3.63, 3.8) is 0 Å². The lowest BCUT2D eigenvalue weighted by Gasteiger charge is -2.31. The number of nitrogens with one attached hydrogen (secondary N) is 1. The predicted octanol–water partition coefficient (Wildman–Crippen LogP) is 4.10. The zero-order valence-corrected chi connectivity index (χ0v) is 19.5. The smallest absolute Gasteiger partial charge is 0.274 e. The Labute approximate surface area is 194 Å². The van der Waals surface area contributed by atoms with Gasteiger partial charge >= 0.3 is 0 Å². The van der Waals surface area contributed by atoms with Crippen LogP contribution in [0.3, 0.4) is 0 Å². The molecule has 9 heteroatoms. The van der Waals surface area contributed by atoms with Gasteiger partial charge in [-0.15, -0.1) is 0 Å². The second kappa shape index (κ2) is 9.50. The third kappa shape index (κ3) is 4.93. The largest absolute Gasteiger partial charge is 0.497 e. The van der Waals surface area contributed by atoms with Crippen LogP contribution in [0.5, 0.6) is 11.5 Å². The fourth-order valence-electron chi connectivity index (χ4n) is 3.48. The van der Waals surface area contributed by atoms with Gasteiger partial charge in [-0.2, -0.15) is 0 Å². The fraction of sp³-hybridized carbons (Fsp3) is 0.250. The van der Waals surface area contributed by atoms with Gasteiger partial charge in [0.1, 0.15) is 16.4 Å². The number of ether oxygens (including phenoxy) is 2. The second-order valence-corrected chi connectivity index (χ2v) is 9.49. The number of guanidine groups is 1. The van der Waals surface area contributed by atoms with Crippen LogP contribution >= 0.6 is 0 Å². The summed E-state index contributed by atoms with van der Waals surface area (Å²) in [5.41, 5.74) is 1.94. The highest BCUT2D eigenvalue weighted by Gasteiger charge is 2.36. The molecule has 1 N–H and O–H groups in total. The summed E-state index contributed by atoms with van der Waals surface area (Å²) in [7, 11) is -2.30. The summed E-state index contributed by atoms with van der Waals surface area (Å²) in [6, 6.07) is 16.3. The van der Waals surface area contributed by atoms with Crippen molar-refractivity contribution in [3.8, 4) is 11.5 Å². The number of methoxy groups -OCH3 is 1. The lowest BCUT2D eigenvalue weighted by atomic mass is 10.1. The summed E-state index contributed by atoms with van der Waals surface area (Å²) in [6.45, 7) is 4.23. The minimum Gasteiger partial charge on any atom is -0.497 e. The average molecular weight is 467 g/mol. The number of fused-ring (bicyclic) bond motifs is 1. The van der Waals surface area contributed by atoms with Gasteiger partial charge in [0.15, 0.2) is 0 Å². The van der Waals surface area contributed by atoms with Crippen molar-refractivity contribution in [3.05, 3.63) is 72.6 Å². The molecule has 0 saturated carbocycles. The zero-order chi connectivity index (χ0) is 23.4. The molecule has 0 amide bonds. The van der Waals surface area contributed by atoms with E-state index in [-0.39, 0.29) is 17.0 Å². The lowest BCUT2D eigenvalue weighted by molar-refractivity contribution is 0.242. The number of pyridine rings is 1. The molecule has 0 atom stereocenters. The van der Waals surface area contributed by atoms with Gasteiger partial charge in [-0.25, -0.2) is 12.7 Å². The molecule has 2 aromatic carbocycles. The van der Waals surface area contributed by atoms with E-state index in [1.807, 2.05) is 38.1 Å². The van der Waals surface area contributed by atoms with Gasteiger partial charge in [-0.05, 0) is 56.2 Å². The highest BCUT2D eigenvalue weighted by Crippen LogP contribution is 2.34. The molecule has 1 aliphatic rings. The highest BCUT2D eigenvalue weighted by atomic mass is 32.2. The van der Waals surface area contributed by atoms with Gasteiger partial charge < -0.3 is 14.8 Å². The number of aromatic nitrogens is 1. The maximum atomic E-state index is 13.6. The van der Waals surface area contributed by atoms with Crippen molar-refractivity contribution in [2.45, 2.75) is 31.3 Å². The Kier molecular flexibility index (Phi) is 6.50. The number of aliphatic imine (C=N–C) groups is 1. The van der Waals surface area contributed by atoms with Crippen LogP contribution in [-0.2, 0) is 16.4 Å². The molecule has 2 heterocycles. The summed E-state index contributed by atoms with van der Waals surface area (Å²) in [5.74, 6) is 1.58. The molecule has 3 aromatic rings. The van der Waals surface area contributed by atoms with E-state index < -0.39 is 10.0 Å². The molecule has 0 spiro atoms. The topological polar surface area (TPSA) is 93.1 Å². The van der Waals surface area contributed by atoms with E-state index >= 15 is 0 Å². The Bertz CT molecular complexity index is 1260. The summed E-state index contributed by atoms with van der Waals surface area (Å²) in [6.07, 6.45) is 3.48.